The number of hydrogen-bond acceptors (Lipinski definition) is 5. The maximum absolute atomic E-state index is 13.7. The van der Waals surface area contributed by atoms with Gasteiger partial charge in [0.05, 0.1) is 5.69 Å². The molecule has 218 valence electrons. The lowest BCUT2D eigenvalue weighted by atomic mass is 9.88. The van der Waals surface area contributed by atoms with Gasteiger partial charge in [-0.25, -0.2) is 9.78 Å². The average molecular weight is 582 g/mol. The Morgan fingerprint density at radius 3 is 2.26 bits per heavy atom. The summed E-state index contributed by atoms with van der Waals surface area (Å²) in [5, 5.41) is 8.90. The second kappa shape index (κ2) is 14.8. The molecule has 0 radical (unpaired) electrons. The van der Waals surface area contributed by atoms with Crippen molar-refractivity contribution in [2.24, 2.45) is 0 Å². The third-order valence-electron chi connectivity index (χ3n) is 7.81. The highest BCUT2D eigenvalue weighted by Crippen LogP contribution is 2.29. The van der Waals surface area contributed by atoms with Crippen LogP contribution in [0.25, 0.3) is 11.3 Å². The van der Waals surface area contributed by atoms with E-state index in [1.165, 1.54) is 22.5 Å². The fraction of sp³-hybridized carbons (Fsp3) is 0.324. The molecule has 1 atom stereocenters. The first kappa shape index (κ1) is 29.5. The minimum Gasteiger partial charge on any atom is -0.337 e. The zero-order valence-corrected chi connectivity index (χ0v) is 24.9. The second-order valence-electron chi connectivity index (χ2n) is 10.7. The predicted octanol–water partition coefficient (Wildman–Crippen LogP) is 6.47. The first-order chi connectivity index (χ1) is 20.6. The minimum absolute atomic E-state index is 0.149. The number of nitrogens with one attached hydrogen (secondary N) is 2. The molecule has 1 aliphatic heterocycles. The normalized spacial score (nSPS) is 15.0. The first-order valence-corrected chi connectivity index (χ1v) is 15.6. The van der Waals surface area contributed by atoms with E-state index in [9.17, 15) is 9.59 Å². The molecule has 1 aromatic heterocycles. The fourth-order valence-electron chi connectivity index (χ4n) is 5.52. The Balaban J connectivity index is 1.28. The summed E-state index contributed by atoms with van der Waals surface area (Å²) in [6, 6.07) is 30.8. The van der Waals surface area contributed by atoms with Crippen LogP contribution in [0.2, 0.25) is 0 Å². The molecule has 3 aromatic carbocycles. The number of aromatic nitrogens is 1. The maximum atomic E-state index is 13.7. The number of nitrogens with zero attached hydrogens (tertiary/aromatic N) is 3. The van der Waals surface area contributed by atoms with E-state index in [1.807, 2.05) is 57.6 Å². The summed E-state index contributed by atoms with van der Waals surface area (Å²) < 4.78 is 0. The summed E-state index contributed by atoms with van der Waals surface area (Å²) >= 11 is 1.42. The molecule has 0 aliphatic carbocycles. The number of rotatable bonds is 11. The van der Waals surface area contributed by atoms with Crippen LogP contribution >= 0.6 is 11.3 Å². The van der Waals surface area contributed by atoms with E-state index in [1.54, 1.807) is 0 Å². The van der Waals surface area contributed by atoms with Crippen molar-refractivity contribution in [3.63, 3.8) is 0 Å². The van der Waals surface area contributed by atoms with Gasteiger partial charge in [0, 0.05) is 62.0 Å². The molecular formula is C34H39N5O2S. The first-order valence-electron chi connectivity index (χ1n) is 14.8. The van der Waals surface area contributed by atoms with E-state index < -0.39 is 0 Å². The van der Waals surface area contributed by atoms with E-state index in [2.05, 4.69) is 71.1 Å². The van der Waals surface area contributed by atoms with Crippen molar-refractivity contribution < 1.29 is 9.59 Å². The zero-order valence-electron chi connectivity index (χ0n) is 24.1. The third-order valence-corrected chi connectivity index (χ3v) is 8.56. The Bertz CT molecular complexity index is 1370. The Hall–Kier alpha value is -4.01. The smallest absolute Gasteiger partial charge is 0.323 e. The Labute approximate surface area is 252 Å². The number of anilines is 1. The Kier molecular flexibility index (Phi) is 10.4. The molecule has 2 heterocycles. The van der Waals surface area contributed by atoms with Gasteiger partial charge in [0.15, 0.2) is 5.13 Å². The molecule has 3 amide bonds. The molecule has 0 bridgehead atoms. The van der Waals surface area contributed by atoms with Crippen molar-refractivity contribution >= 4 is 28.4 Å². The van der Waals surface area contributed by atoms with Gasteiger partial charge in [-0.05, 0) is 30.9 Å². The Morgan fingerprint density at radius 1 is 0.976 bits per heavy atom. The highest BCUT2D eigenvalue weighted by molar-refractivity contribution is 7.14. The lowest BCUT2D eigenvalue weighted by molar-refractivity contribution is -0.134. The quantitative estimate of drug-likeness (QED) is 0.213. The molecule has 4 aromatic rings. The summed E-state index contributed by atoms with van der Waals surface area (Å²) in [7, 11) is 0. The highest BCUT2D eigenvalue weighted by Gasteiger charge is 2.24. The number of thiazole rings is 1. The van der Waals surface area contributed by atoms with Crippen LogP contribution in [0.1, 0.15) is 43.2 Å². The van der Waals surface area contributed by atoms with Crippen LogP contribution in [0.5, 0.6) is 0 Å². The van der Waals surface area contributed by atoms with Gasteiger partial charge in [-0.2, -0.15) is 0 Å². The van der Waals surface area contributed by atoms with E-state index in [-0.39, 0.29) is 23.9 Å². The summed E-state index contributed by atoms with van der Waals surface area (Å²) in [5.74, 6) is 0.304. The van der Waals surface area contributed by atoms with Crippen LogP contribution in [0.15, 0.2) is 96.4 Å². The van der Waals surface area contributed by atoms with Gasteiger partial charge in [0.1, 0.15) is 0 Å². The van der Waals surface area contributed by atoms with Crippen molar-refractivity contribution in [3.05, 3.63) is 108 Å². The predicted molar refractivity (Wildman–Crippen MR) is 171 cm³/mol. The molecular weight excluding hydrogens is 542 g/mol. The molecule has 42 heavy (non-hydrogen) atoms. The molecule has 0 saturated carbocycles. The fourth-order valence-corrected chi connectivity index (χ4v) is 6.23. The number of piperazine rings is 1. The standard InChI is InChI=1S/C34H39N5O2S/c1-26-24-35-20-23-39(26)32(40)18-11-21-38(34(41)37-33-36-31(25-42-33)29-16-9-4-10-17-29)22-19-30(27-12-5-2-6-13-27)28-14-7-3-8-15-28/h2-10,12-17,25-26,30,35H,11,18-24H2,1H3,(H,36,37,41)/t26-/m1/s1. The molecule has 2 N–H and O–H groups in total. The summed E-state index contributed by atoms with van der Waals surface area (Å²) in [5.41, 5.74) is 4.30. The number of carbonyl (C=O) groups is 2. The summed E-state index contributed by atoms with van der Waals surface area (Å²) in [4.78, 5) is 35.1. The topological polar surface area (TPSA) is 77.6 Å². The number of urea groups is 1. The van der Waals surface area contributed by atoms with Crippen LogP contribution < -0.4 is 10.6 Å². The van der Waals surface area contributed by atoms with Crippen molar-refractivity contribution in [1.82, 2.24) is 20.1 Å². The van der Waals surface area contributed by atoms with E-state index >= 15 is 0 Å². The van der Waals surface area contributed by atoms with Gasteiger partial charge < -0.3 is 15.1 Å². The van der Waals surface area contributed by atoms with Gasteiger partial charge in [-0.1, -0.05) is 91.0 Å². The summed E-state index contributed by atoms with van der Waals surface area (Å²) in [6.45, 7) is 5.49. The minimum atomic E-state index is -0.188. The zero-order chi connectivity index (χ0) is 29.1. The van der Waals surface area contributed by atoms with Crippen molar-refractivity contribution in [2.45, 2.75) is 38.1 Å². The molecule has 1 fully saturated rings. The lowest BCUT2D eigenvalue weighted by Gasteiger charge is -2.34. The van der Waals surface area contributed by atoms with E-state index in [4.69, 9.17) is 0 Å². The van der Waals surface area contributed by atoms with Crippen molar-refractivity contribution in [2.75, 3.05) is 38.0 Å². The van der Waals surface area contributed by atoms with E-state index in [0.29, 0.717) is 31.1 Å². The monoisotopic (exact) mass is 581 g/mol. The van der Waals surface area contributed by atoms with Crippen LogP contribution in [0.4, 0.5) is 9.93 Å². The number of amides is 3. The largest absolute Gasteiger partial charge is 0.337 e. The molecule has 0 unspecified atom stereocenters. The van der Waals surface area contributed by atoms with Crippen LogP contribution in [-0.4, -0.2) is 65.5 Å². The van der Waals surface area contributed by atoms with Gasteiger partial charge in [0.25, 0.3) is 0 Å². The highest BCUT2D eigenvalue weighted by atomic mass is 32.1. The van der Waals surface area contributed by atoms with Gasteiger partial charge >= 0.3 is 6.03 Å². The molecule has 5 rings (SSSR count). The van der Waals surface area contributed by atoms with Crippen LogP contribution in [0, 0.1) is 0 Å². The van der Waals surface area contributed by atoms with Gasteiger partial charge in [-0.15, -0.1) is 11.3 Å². The summed E-state index contributed by atoms with van der Waals surface area (Å²) in [6.07, 6.45) is 1.79. The maximum Gasteiger partial charge on any atom is 0.323 e. The third kappa shape index (κ3) is 7.84. The molecule has 7 nitrogen and oxygen atoms in total. The second-order valence-corrected chi connectivity index (χ2v) is 11.6. The SMILES string of the molecule is C[C@@H]1CNCCN1C(=O)CCCN(CCC(c1ccccc1)c1ccccc1)C(=O)Nc1nc(-c2ccccc2)cs1. The van der Waals surface area contributed by atoms with E-state index in [0.717, 1.165) is 37.3 Å². The molecule has 8 heteroatoms. The van der Waals surface area contributed by atoms with Crippen LogP contribution in [0.3, 0.4) is 0 Å². The number of carbonyl (C=O) groups excluding carboxylic acids is 2. The van der Waals surface area contributed by atoms with Gasteiger partial charge in [0.2, 0.25) is 5.91 Å². The molecule has 1 saturated heterocycles. The molecule has 1 aliphatic rings. The van der Waals surface area contributed by atoms with Crippen molar-refractivity contribution in [1.29, 1.82) is 0 Å². The molecule has 0 spiro atoms. The van der Waals surface area contributed by atoms with Crippen LogP contribution in [-0.2, 0) is 4.79 Å². The Morgan fingerprint density at radius 2 is 1.62 bits per heavy atom. The lowest BCUT2D eigenvalue weighted by Crippen LogP contribution is -2.52. The number of hydrogen-bond donors (Lipinski definition) is 2. The number of benzene rings is 3. The van der Waals surface area contributed by atoms with Crippen molar-refractivity contribution in [3.8, 4) is 11.3 Å². The average Bonchev–Trinajstić information content (AvgIpc) is 3.50. The van der Waals surface area contributed by atoms with Gasteiger partial charge in [-0.3, -0.25) is 10.1 Å².